The van der Waals surface area contributed by atoms with Crippen LogP contribution in [0, 0.1) is 0 Å². The van der Waals surface area contributed by atoms with Crippen molar-refractivity contribution in [2.75, 3.05) is 11.9 Å². The van der Waals surface area contributed by atoms with E-state index >= 15 is 0 Å². The second-order valence-corrected chi connectivity index (χ2v) is 8.21. The summed E-state index contributed by atoms with van der Waals surface area (Å²) in [5.41, 5.74) is 1.38. The maximum Gasteiger partial charge on any atom is 0.262 e. The first-order valence-corrected chi connectivity index (χ1v) is 9.27. The fourth-order valence-corrected chi connectivity index (χ4v) is 2.80. The molecular weight excluding hydrogens is 340 g/mol. The molecule has 0 saturated carbocycles. The molecule has 1 amide bonds. The van der Waals surface area contributed by atoms with Crippen molar-refractivity contribution in [3.63, 3.8) is 0 Å². The summed E-state index contributed by atoms with van der Waals surface area (Å²) in [6.07, 6.45) is 0. The van der Waals surface area contributed by atoms with Crippen LogP contribution in [-0.2, 0) is 20.2 Å². The van der Waals surface area contributed by atoms with E-state index in [1.54, 1.807) is 0 Å². The van der Waals surface area contributed by atoms with Crippen molar-refractivity contribution >= 4 is 21.6 Å². The SMILES string of the molecule is CC(C)(C)c1ccccc1OCC(=O)Nc1ccc(S(N)(=O)=O)cc1. The lowest BCUT2D eigenvalue weighted by Gasteiger charge is -2.22. The Kier molecular flexibility index (Phi) is 5.49. The fourth-order valence-electron chi connectivity index (χ4n) is 2.28. The van der Waals surface area contributed by atoms with E-state index in [9.17, 15) is 13.2 Å². The summed E-state index contributed by atoms with van der Waals surface area (Å²) in [6.45, 7) is 6.07. The molecule has 134 valence electrons. The number of amides is 1. The predicted molar refractivity (Wildman–Crippen MR) is 97.1 cm³/mol. The highest BCUT2D eigenvalue weighted by atomic mass is 32.2. The Hall–Kier alpha value is -2.38. The molecule has 0 aliphatic carbocycles. The molecule has 2 aromatic rings. The highest BCUT2D eigenvalue weighted by molar-refractivity contribution is 7.89. The minimum Gasteiger partial charge on any atom is -0.483 e. The topological polar surface area (TPSA) is 98.5 Å². The lowest BCUT2D eigenvalue weighted by atomic mass is 9.86. The van der Waals surface area contributed by atoms with E-state index in [-0.39, 0.29) is 22.8 Å². The molecule has 3 N–H and O–H groups in total. The van der Waals surface area contributed by atoms with Crippen LogP contribution in [0.25, 0.3) is 0 Å². The summed E-state index contributed by atoms with van der Waals surface area (Å²) >= 11 is 0. The van der Waals surface area contributed by atoms with Gasteiger partial charge in [0.2, 0.25) is 10.0 Å². The Labute approximate surface area is 148 Å². The van der Waals surface area contributed by atoms with Crippen molar-refractivity contribution < 1.29 is 17.9 Å². The quantitative estimate of drug-likeness (QED) is 0.854. The number of para-hydroxylation sites is 1. The van der Waals surface area contributed by atoms with Gasteiger partial charge in [-0.05, 0) is 41.3 Å². The Morgan fingerprint density at radius 1 is 1.08 bits per heavy atom. The minimum absolute atomic E-state index is 0.0131. The number of hydrogen-bond donors (Lipinski definition) is 2. The number of rotatable bonds is 5. The monoisotopic (exact) mass is 362 g/mol. The zero-order valence-corrected chi connectivity index (χ0v) is 15.3. The van der Waals surface area contributed by atoms with Crippen LogP contribution in [0.2, 0.25) is 0 Å². The maximum absolute atomic E-state index is 12.0. The van der Waals surface area contributed by atoms with E-state index in [0.717, 1.165) is 5.56 Å². The zero-order chi connectivity index (χ0) is 18.7. The molecule has 0 aliphatic rings. The number of benzene rings is 2. The number of carbonyl (C=O) groups is 1. The third kappa shape index (κ3) is 5.30. The van der Waals surface area contributed by atoms with Gasteiger partial charge >= 0.3 is 0 Å². The lowest BCUT2D eigenvalue weighted by molar-refractivity contribution is -0.118. The largest absolute Gasteiger partial charge is 0.483 e. The second kappa shape index (κ2) is 7.25. The Morgan fingerprint density at radius 2 is 1.68 bits per heavy atom. The number of anilines is 1. The van der Waals surface area contributed by atoms with Gasteiger partial charge in [-0.15, -0.1) is 0 Å². The Morgan fingerprint density at radius 3 is 2.24 bits per heavy atom. The summed E-state index contributed by atoms with van der Waals surface area (Å²) in [5.74, 6) is 0.321. The van der Waals surface area contributed by atoms with Gasteiger partial charge in [-0.2, -0.15) is 0 Å². The number of ether oxygens (including phenoxy) is 1. The maximum atomic E-state index is 12.0. The third-order valence-electron chi connectivity index (χ3n) is 3.52. The van der Waals surface area contributed by atoms with Crippen LogP contribution in [0.4, 0.5) is 5.69 Å². The molecule has 0 unspecified atom stereocenters. The normalized spacial score (nSPS) is 11.8. The first kappa shape index (κ1) is 19.0. The summed E-state index contributed by atoms with van der Waals surface area (Å²) < 4.78 is 28.1. The second-order valence-electron chi connectivity index (χ2n) is 6.65. The third-order valence-corrected chi connectivity index (χ3v) is 4.45. The molecule has 0 aliphatic heterocycles. The standard InChI is InChI=1S/C18H22N2O4S/c1-18(2,3)15-6-4-5-7-16(15)24-12-17(21)20-13-8-10-14(11-9-13)25(19,22)23/h4-11H,12H2,1-3H3,(H,20,21)(H2,19,22,23). The molecule has 2 rings (SSSR count). The molecule has 0 radical (unpaired) electrons. The van der Waals surface area contributed by atoms with Gasteiger partial charge in [-0.1, -0.05) is 39.0 Å². The Bertz CT molecular complexity index is 853. The van der Waals surface area contributed by atoms with Gasteiger partial charge in [-0.25, -0.2) is 13.6 Å². The number of nitrogens with two attached hydrogens (primary N) is 1. The van der Waals surface area contributed by atoms with Gasteiger partial charge in [0.05, 0.1) is 4.90 Å². The molecule has 0 aromatic heterocycles. The number of nitrogens with one attached hydrogen (secondary N) is 1. The van der Waals surface area contributed by atoms with Crippen LogP contribution in [0.5, 0.6) is 5.75 Å². The van der Waals surface area contributed by atoms with Crippen LogP contribution < -0.4 is 15.2 Å². The molecule has 0 spiro atoms. The van der Waals surface area contributed by atoms with Crippen LogP contribution in [0.3, 0.4) is 0 Å². The molecule has 0 saturated heterocycles. The fraction of sp³-hybridized carbons (Fsp3) is 0.278. The van der Waals surface area contributed by atoms with Crippen molar-refractivity contribution in [3.05, 3.63) is 54.1 Å². The van der Waals surface area contributed by atoms with Crippen molar-refractivity contribution in [2.24, 2.45) is 5.14 Å². The summed E-state index contributed by atoms with van der Waals surface area (Å²) in [7, 11) is -3.75. The molecule has 6 nitrogen and oxygen atoms in total. The molecule has 7 heteroatoms. The van der Waals surface area contributed by atoms with Crippen LogP contribution in [0.1, 0.15) is 26.3 Å². The summed E-state index contributed by atoms with van der Waals surface area (Å²) in [4.78, 5) is 12.0. The first-order valence-electron chi connectivity index (χ1n) is 7.72. The first-order chi connectivity index (χ1) is 11.6. The van der Waals surface area contributed by atoms with Gasteiger partial charge in [0.25, 0.3) is 5.91 Å². The molecule has 0 bridgehead atoms. The van der Waals surface area contributed by atoms with E-state index in [1.807, 2.05) is 24.3 Å². The van der Waals surface area contributed by atoms with Gasteiger partial charge in [0.1, 0.15) is 5.75 Å². The Balaban J connectivity index is 2.00. The molecule has 0 heterocycles. The van der Waals surface area contributed by atoms with Gasteiger partial charge < -0.3 is 10.1 Å². The van der Waals surface area contributed by atoms with Gasteiger partial charge in [-0.3, -0.25) is 4.79 Å². The number of primary sulfonamides is 1. The van der Waals surface area contributed by atoms with Crippen molar-refractivity contribution in [1.29, 1.82) is 0 Å². The van der Waals surface area contributed by atoms with E-state index < -0.39 is 10.0 Å². The van der Waals surface area contributed by atoms with Crippen LogP contribution in [0.15, 0.2) is 53.4 Å². The van der Waals surface area contributed by atoms with Crippen LogP contribution >= 0.6 is 0 Å². The highest BCUT2D eigenvalue weighted by Crippen LogP contribution is 2.30. The van der Waals surface area contributed by atoms with E-state index in [0.29, 0.717) is 11.4 Å². The van der Waals surface area contributed by atoms with Crippen molar-refractivity contribution in [3.8, 4) is 5.75 Å². The average Bonchev–Trinajstić information content (AvgIpc) is 2.52. The molecule has 0 fully saturated rings. The van der Waals surface area contributed by atoms with Crippen molar-refractivity contribution in [1.82, 2.24) is 0 Å². The smallest absolute Gasteiger partial charge is 0.262 e. The van der Waals surface area contributed by atoms with Crippen molar-refractivity contribution in [2.45, 2.75) is 31.1 Å². The van der Waals surface area contributed by atoms with Crippen LogP contribution in [-0.4, -0.2) is 20.9 Å². The number of hydrogen-bond acceptors (Lipinski definition) is 4. The number of sulfonamides is 1. The highest BCUT2D eigenvalue weighted by Gasteiger charge is 2.19. The average molecular weight is 362 g/mol. The van der Waals surface area contributed by atoms with E-state index in [1.165, 1.54) is 24.3 Å². The zero-order valence-electron chi connectivity index (χ0n) is 14.4. The predicted octanol–water partition coefficient (Wildman–Crippen LogP) is 2.65. The lowest BCUT2D eigenvalue weighted by Crippen LogP contribution is -2.22. The van der Waals surface area contributed by atoms with Gasteiger partial charge in [0.15, 0.2) is 6.61 Å². The van der Waals surface area contributed by atoms with E-state index in [4.69, 9.17) is 9.88 Å². The molecule has 25 heavy (non-hydrogen) atoms. The number of carbonyl (C=O) groups excluding carboxylic acids is 1. The van der Waals surface area contributed by atoms with E-state index in [2.05, 4.69) is 26.1 Å². The summed E-state index contributed by atoms with van der Waals surface area (Å²) in [5, 5.41) is 7.68. The molecule has 0 atom stereocenters. The summed E-state index contributed by atoms with van der Waals surface area (Å²) in [6, 6.07) is 13.2. The van der Waals surface area contributed by atoms with Gasteiger partial charge in [0, 0.05) is 5.69 Å². The molecule has 2 aromatic carbocycles. The minimum atomic E-state index is -3.75. The molecular formula is C18H22N2O4S.